The van der Waals surface area contributed by atoms with Crippen LogP contribution in [-0.2, 0) is 28.6 Å². The van der Waals surface area contributed by atoms with E-state index in [0.29, 0.717) is 19.3 Å². The summed E-state index contributed by atoms with van der Waals surface area (Å²) in [6.45, 7) is 6.46. The fraction of sp³-hybridized carbons (Fsp3) is 0.667. The first-order valence-electron chi connectivity index (χ1n) is 25.7. The summed E-state index contributed by atoms with van der Waals surface area (Å²) in [5.41, 5.74) is 0. The molecule has 0 aliphatic rings. The topological polar surface area (TPSA) is 78.9 Å². The van der Waals surface area contributed by atoms with E-state index in [-0.39, 0.29) is 44.0 Å². The van der Waals surface area contributed by atoms with Crippen LogP contribution in [0.4, 0.5) is 0 Å². The minimum atomic E-state index is -0.823. The molecule has 358 valence electrons. The molecule has 0 aliphatic heterocycles. The van der Waals surface area contributed by atoms with E-state index in [2.05, 4.69) is 118 Å². The van der Waals surface area contributed by atoms with Gasteiger partial charge < -0.3 is 14.2 Å². The summed E-state index contributed by atoms with van der Waals surface area (Å²) in [5.74, 6) is -1.03. The molecule has 0 aromatic rings. The van der Waals surface area contributed by atoms with Crippen LogP contribution in [0.5, 0.6) is 0 Å². The summed E-state index contributed by atoms with van der Waals surface area (Å²) in [4.78, 5) is 37.9. The Kier molecular flexibility index (Phi) is 48.0. The molecule has 6 heteroatoms. The molecule has 0 radical (unpaired) electrons. The second kappa shape index (κ2) is 51.0. The molecule has 0 aliphatic carbocycles. The van der Waals surface area contributed by atoms with Gasteiger partial charge in [0.05, 0.1) is 0 Å². The van der Waals surface area contributed by atoms with E-state index in [1.165, 1.54) is 89.9 Å². The molecular formula is C57H94O6. The zero-order chi connectivity index (χ0) is 45.8. The standard InChI is InChI=1S/C57H94O6/c1-4-7-10-13-16-19-22-25-27-28-30-32-35-38-41-44-47-50-56(59)62-53-54(52-61-55(58)49-46-43-40-37-34-31-24-21-18-15-12-9-6-3)63-57(60)51-48-45-42-39-36-33-29-26-23-20-17-14-11-8-5-2/h16-17,19-21,24-27,29-30,32,36,38-39,41,54H,4-15,18,22-23,28,31,33-35,37,40,42-53H2,1-3H3/b19-16-,20-17-,24-21-,27-25-,29-26-,32-30-,39-36-,41-38-/t54-/m1/s1. The average Bonchev–Trinajstić information content (AvgIpc) is 3.28. The largest absolute Gasteiger partial charge is 0.462 e. The van der Waals surface area contributed by atoms with Crippen molar-refractivity contribution in [3.05, 3.63) is 97.2 Å². The van der Waals surface area contributed by atoms with Crippen LogP contribution < -0.4 is 0 Å². The lowest BCUT2D eigenvalue weighted by molar-refractivity contribution is -0.167. The number of rotatable bonds is 45. The Hall–Kier alpha value is -3.67. The van der Waals surface area contributed by atoms with Gasteiger partial charge in [-0.1, -0.05) is 182 Å². The van der Waals surface area contributed by atoms with Gasteiger partial charge in [0, 0.05) is 19.3 Å². The number of hydrogen-bond donors (Lipinski definition) is 0. The van der Waals surface area contributed by atoms with Crippen molar-refractivity contribution >= 4 is 17.9 Å². The number of hydrogen-bond acceptors (Lipinski definition) is 6. The smallest absolute Gasteiger partial charge is 0.306 e. The molecule has 0 rings (SSSR count). The van der Waals surface area contributed by atoms with Crippen LogP contribution in [0.3, 0.4) is 0 Å². The predicted molar refractivity (Wildman–Crippen MR) is 270 cm³/mol. The maximum Gasteiger partial charge on any atom is 0.306 e. The highest BCUT2D eigenvalue weighted by Gasteiger charge is 2.19. The third-order valence-corrected chi connectivity index (χ3v) is 10.5. The highest BCUT2D eigenvalue weighted by molar-refractivity contribution is 5.71. The van der Waals surface area contributed by atoms with Gasteiger partial charge in [-0.2, -0.15) is 0 Å². The van der Waals surface area contributed by atoms with E-state index in [0.717, 1.165) is 83.5 Å². The highest BCUT2D eigenvalue weighted by Crippen LogP contribution is 2.12. The molecule has 0 spiro atoms. The van der Waals surface area contributed by atoms with Gasteiger partial charge in [-0.15, -0.1) is 0 Å². The first kappa shape index (κ1) is 59.3. The lowest BCUT2D eigenvalue weighted by Crippen LogP contribution is -2.30. The lowest BCUT2D eigenvalue weighted by Gasteiger charge is -2.18. The van der Waals surface area contributed by atoms with Crippen molar-refractivity contribution in [3.8, 4) is 0 Å². The van der Waals surface area contributed by atoms with Gasteiger partial charge >= 0.3 is 17.9 Å². The van der Waals surface area contributed by atoms with Gasteiger partial charge in [0.25, 0.3) is 0 Å². The fourth-order valence-corrected chi connectivity index (χ4v) is 6.61. The van der Waals surface area contributed by atoms with Gasteiger partial charge in [0.2, 0.25) is 0 Å². The second-order valence-corrected chi connectivity index (χ2v) is 16.7. The quantitative estimate of drug-likeness (QED) is 0.0262. The number of allylic oxidation sites excluding steroid dienone is 16. The van der Waals surface area contributed by atoms with Crippen molar-refractivity contribution in [2.24, 2.45) is 0 Å². The molecule has 0 aromatic carbocycles. The third kappa shape index (κ3) is 49.2. The van der Waals surface area contributed by atoms with Crippen molar-refractivity contribution in [3.63, 3.8) is 0 Å². The Morgan fingerprint density at radius 1 is 0.317 bits per heavy atom. The van der Waals surface area contributed by atoms with Crippen LogP contribution in [0.25, 0.3) is 0 Å². The number of carbonyl (C=O) groups excluding carboxylic acids is 3. The number of esters is 3. The summed E-state index contributed by atoms with van der Waals surface area (Å²) in [6.07, 6.45) is 66.8. The highest BCUT2D eigenvalue weighted by atomic mass is 16.6. The predicted octanol–water partition coefficient (Wildman–Crippen LogP) is 17.0. The van der Waals surface area contributed by atoms with E-state index in [4.69, 9.17) is 14.2 Å². The Balaban J connectivity index is 4.56. The zero-order valence-electron chi connectivity index (χ0n) is 40.8. The molecule has 0 fully saturated rings. The molecule has 0 N–H and O–H groups in total. The van der Waals surface area contributed by atoms with Gasteiger partial charge in [-0.05, 0) is 122 Å². The van der Waals surface area contributed by atoms with Crippen molar-refractivity contribution < 1.29 is 28.6 Å². The summed E-state index contributed by atoms with van der Waals surface area (Å²) < 4.78 is 16.7. The minimum absolute atomic E-state index is 0.115. The van der Waals surface area contributed by atoms with Crippen molar-refractivity contribution in [2.45, 2.75) is 232 Å². The number of ether oxygens (including phenoxy) is 3. The molecule has 0 unspecified atom stereocenters. The second-order valence-electron chi connectivity index (χ2n) is 16.7. The van der Waals surface area contributed by atoms with Gasteiger partial charge in [0.1, 0.15) is 13.2 Å². The maximum atomic E-state index is 12.8. The minimum Gasteiger partial charge on any atom is -0.462 e. The molecule has 0 bridgehead atoms. The SMILES string of the molecule is CCCCC/C=C\C/C=C\C/C=C\C/C=C\CCCC(=O)OC[C@@H](COC(=O)CCCCCCC/C=C\CCCCCC)OC(=O)CCCC/C=C\C/C=C\C/C=C\CCCCC. The van der Waals surface area contributed by atoms with Crippen LogP contribution in [0.1, 0.15) is 226 Å². The average molecular weight is 875 g/mol. The molecule has 0 saturated heterocycles. The zero-order valence-corrected chi connectivity index (χ0v) is 40.8. The van der Waals surface area contributed by atoms with Gasteiger partial charge in [0.15, 0.2) is 6.10 Å². The van der Waals surface area contributed by atoms with Gasteiger partial charge in [-0.25, -0.2) is 0 Å². The maximum absolute atomic E-state index is 12.8. The van der Waals surface area contributed by atoms with E-state index in [1.54, 1.807) is 0 Å². The lowest BCUT2D eigenvalue weighted by atomic mass is 10.1. The monoisotopic (exact) mass is 875 g/mol. The Labute approximate surface area is 387 Å². The molecule has 1 atom stereocenters. The number of carbonyl (C=O) groups is 3. The van der Waals surface area contributed by atoms with Crippen molar-refractivity contribution in [1.82, 2.24) is 0 Å². The normalized spacial score (nSPS) is 12.9. The summed E-state index contributed by atoms with van der Waals surface area (Å²) in [5, 5.41) is 0. The Morgan fingerprint density at radius 3 is 1.03 bits per heavy atom. The summed E-state index contributed by atoms with van der Waals surface area (Å²) in [6, 6.07) is 0. The first-order valence-corrected chi connectivity index (χ1v) is 25.7. The Bertz CT molecular complexity index is 1280. The van der Waals surface area contributed by atoms with E-state index in [1.807, 2.05) is 0 Å². The fourth-order valence-electron chi connectivity index (χ4n) is 6.61. The Morgan fingerprint density at radius 2 is 0.587 bits per heavy atom. The van der Waals surface area contributed by atoms with E-state index in [9.17, 15) is 14.4 Å². The van der Waals surface area contributed by atoms with Crippen LogP contribution in [0.2, 0.25) is 0 Å². The van der Waals surface area contributed by atoms with Crippen LogP contribution in [0, 0.1) is 0 Å². The third-order valence-electron chi connectivity index (χ3n) is 10.5. The molecular weight excluding hydrogens is 781 g/mol. The number of unbranched alkanes of at least 4 members (excludes halogenated alkanes) is 18. The molecule has 0 amide bonds. The summed E-state index contributed by atoms with van der Waals surface area (Å²) >= 11 is 0. The van der Waals surface area contributed by atoms with Crippen LogP contribution >= 0.6 is 0 Å². The molecule has 6 nitrogen and oxygen atoms in total. The van der Waals surface area contributed by atoms with Crippen LogP contribution in [0.15, 0.2) is 97.2 Å². The van der Waals surface area contributed by atoms with Crippen molar-refractivity contribution in [1.29, 1.82) is 0 Å². The molecule has 63 heavy (non-hydrogen) atoms. The molecule has 0 heterocycles. The molecule has 0 aromatic heterocycles. The van der Waals surface area contributed by atoms with E-state index >= 15 is 0 Å². The van der Waals surface area contributed by atoms with E-state index < -0.39 is 6.10 Å². The van der Waals surface area contributed by atoms with Gasteiger partial charge in [-0.3, -0.25) is 14.4 Å². The van der Waals surface area contributed by atoms with Crippen molar-refractivity contribution in [2.75, 3.05) is 13.2 Å². The first-order chi connectivity index (χ1) is 31.0. The van der Waals surface area contributed by atoms with Crippen LogP contribution in [-0.4, -0.2) is 37.2 Å². The molecule has 0 saturated carbocycles. The summed E-state index contributed by atoms with van der Waals surface area (Å²) in [7, 11) is 0.